The Hall–Kier alpha value is -3.64. The first-order valence-electron chi connectivity index (χ1n) is 14.2. The van der Waals surface area contributed by atoms with Crippen LogP contribution in [-0.4, -0.2) is 58.1 Å². The normalized spacial score (nSPS) is 16.9. The maximum atomic E-state index is 13.8. The summed E-state index contributed by atoms with van der Waals surface area (Å²) in [7, 11) is 0.541. The lowest BCUT2D eigenvalue weighted by Gasteiger charge is -2.27. The lowest BCUT2D eigenvalue weighted by atomic mass is 9.80. The molecule has 11 nitrogen and oxygen atoms in total. The van der Waals surface area contributed by atoms with Gasteiger partial charge in [0.25, 0.3) is 5.56 Å². The van der Waals surface area contributed by atoms with Gasteiger partial charge >= 0.3 is 0 Å². The van der Waals surface area contributed by atoms with Crippen LogP contribution in [0.4, 0.5) is 5.82 Å². The minimum absolute atomic E-state index is 0.177. The van der Waals surface area contributed by atoms with Crippen molar-refractivity contribution in [3.8, 4) is 11.4 Å². The highest BCUT2D eigenvalue weighted by atomic mass is 32.2. The summed E-state index contributed by atoms with van der Waals surface area (Å²) in [5, 5.41) is 3.14. The Morgan fingerprint density at radius 3 is 2.41 bits per heavy atom. The maximum absolute atomic E-state index is 13.8. The molecule has 2 atom stereocenters. The fourth-order valence-corrected chi connectivity index (χ4v) is 5.98. The number of methoxy groups -OCH3 is 1. The highest BCUT2D eigenvalue weighted by Gasteiger charge is 2.34. The summed E-state index contributed by atoms with van der Waals surface area (Å²) in [6.45, 7) is 4.39. The summed E-state index contributed by atoms with van der Waals surface area (Å²) in [4.78, 5) is 42.6. The van der Waals surface area contributed by atoms with Crippen LogP contribution in [0.3, 0.4) is 0 Å². The highest BCUT2D eigenvalue weighted by molar-refractivity contribution is 7.85. The number of ether oxygens (including phenoxy) is 1. The van der Waals surface area contributed by atoms with Crippen LogP contribution in [0.1, 0.15) is 80.9 Å². The predicted octanol–water partition coefficient (Wildman–Crippen LogP) is 4.13. The van der Waals surface area contributed by atoms with Crippen LogP contribution in [0.5, 0.6) is 0 Å². The molecule has 0 aliphatic heterocycles. The summed E-state index contributed by atoms with van der Waals surface area (Å²) in [5.74, 6) is 2.03. The molecule has 4 aromatic heterocycles. The molecule has 41 heavy (non-hydrogen) atoms. The molecule has 0 aromatic carbocycles. The van der Waals surface area contributed by atoms with E-state index in [0.29, 0.717) is 51.8 Å². The van der Waals surface area contributed by atoms with Gasteiger partial charge < -0.3 is 10.1 Å². The first-order valence-corrected chi connectivity index (χ1v) is 15.5. The van der Waals surface area contributed by atoms with Gasteiger partial charge in [-0.15, -0.1) is 0 Å². The van der Waals surface area contributed by atoms with E-state index in [1.165, 1.54) is 6.42 Å². The molecule has 4 aromatic rings. The van der Waals surface area contributed by atoms with Gasteiger partial charge in [0.05, 0.1) is 63.7 Å². The van der Waals surface area contributed by atoms with Crippen LogP contribution in [0.2, 0.25) is 0 Å². The smallest absolute Gasteiger partial charge is 0.295 e. The number of hydrogen-bond acceptors (Lipinski definition) is 10. The molecule has 214 valence electrons. The molecule has 2 aliphatic rings. The van der Waals surface area contributed by atoms with Gasteiger partial charge in [0.1, 0.15) is 11.8 Å². The first-order chi connectivity index (χ1) is 20.0. The standard InChI is InChI=1S/C29H34N8O3S/c1-4-41(39)21-11-10-20(30-13-21)12-31-27-29(38)37(17(2)15-40-3)28-22(35-27)14-32-26(36-28)23-24(18-6-5-7-18)33-16-34-25(23)19-8-9-19/h10-11,13-14,16-19H,4-9,12,15H2,1-3H3,(H,31,35)/t17-,41?/m0/s1. The average Bonchev–Trinajstić information content (AvgIpc) is 3.80. The molecule has 1 unspecified atom stereocenters. The number of anilines is 1. The van der Waals surface area contributed by atoms with E-state index < -0.39 is 10.8 Å². The molecule has 0 radical (unpaired) electrons. The molecular weight excluding hydrogens is 540 g/mol. The van der Waals surface area contributed by atoms with Gasteiger partial charge in [0.15, 0.2) is 17.3 Å². The molecule has 0 bridgehead atoms. The zero-order valence-electron chi connectivity index (χ0n) is 23.5. The summed E-state index contributed by atoms with van der Waals surface area (Å²) in [6.07, 6.45) is 10.6. The summed E-state index contributed by atoms with van der Waals surface area (Å²) >= 11 is 0. The quantitative estimate of drug-likeness (QED) is 0.278. The third-order valence-corrected chi connectivity index (χ3v) is 9.12. The minimum Gasteiger partial charge on any atom is -0.383 e. The third-order valence-electron chi connectivity index (χ3n) is 7.83. The van der Waals surface area contributed by atoms with E-state index in [9.17, 15) is 9.00 Å². The molecule has 1 N–H and O–H groups in total. The van der Waals surface area contributed by atoms with Gasteiger partial charge in [-0.25, -0.2) is 24.9 Å². The number of pyridine rings is 1. The number of nitrogens with one attached hydrogen (secondary N) is 1. The van der Waals surface area contributed by atoms with Crippen molar-refractivity contribution in [1.82, 2.24) is 34.5 Å². The fourth-order valence-electron chi connectivity index (χ4n) is 5.25. The second-order valence-corrected chi connectivity index (χ2v) is 12.5. The Kier molecular flexibility index (Phi) is 7.85. The van der Waals surface area contributed by atoms with Gasteiger partial charge in [-0.3, -0.25) is 18.6 Å². The second kappa shape index (κ2) is 11.7. The summed E-state index contributed by atoms with van der Waals surface area (Å²) in [6, 6.07) is 3.30. The number of aromatic nitrogens is 7. The van der Waals surface area contributed by atoms with Crippen LogP contribution >= 0.6 is 0 Å². The molecular formula is C29H34N8O3S. The van der Waals surface area contributed by atoms with Crippen LogP contribution in [0, 0.1) is 0 Å². The Morgan fingerprint density at radius 2 is 1.80 bits per heavy atom. The molecule has 0 amide bonds. The Labute approximate surface area is 240 Å². The fraction of sp³-hybridized carbons (Fsp3) is 0.483. The minimum atomic E-state index is -1.07. The van der Waals surface area contributed by atoms with Crippen LogP contribution < -0.4 is 10.9 Å². The van der Waals surface area contributed by atoms with Crippen LogP contribution in [-0.2, 0) is 22.1 Å². The van der Waals surface area contributed by atoms with E-state index >= 15 is 0 Å². The number of hydrogen-bond donors (Lipinski definition) is 1. The lowest BCUT2D eigenvalue weighted by molar-refractivity contribution is 0.162. The third kappa shape index (κ3) is 5.50. The molecule has 0 saturated heterocycles. The van der Waals surface area contributed by atoms with Gasteiger partial charge in [-0.05, 0) is 44.7 Å². The number of nitrogens with zero attached hydrogens (tertiary/aromatic N) is 7. The van der Waals surface area contributed by atoms with E-state index in [-0.39, 0.29) is 24.0 Å². The van der Waals surface area contributed by atoms with Crippen molar-refractivity contribution in [1.29, 1.82) is 0 Å². The lowest BCUT2D eigenvalue weighted by Crippen LogP contribution is -2.30. The van der Waals surface area contributed by atoms with E-state index in [4.69, 9.17) is 19.7 Å². The predicted molar refractivity (Wildman–Crippen MR) is 156 cm³/mol. The Balaban J connectivity index is 1.40. The van der Waals surface area contributed by atoms with Crippen LogP contribution in [0.25, 0.3) is 22.6 Å². The van der Waals surface area contributed by atoms with Gasteiger partial charge in [0.2, 0.25) is 0 Å². The Morgan fingerprint density at radius 1 is 1.05 bits per heavy atom. The Bertz CT molecular complexity index is 1650. The highest BCUT2D eigenvalue weighted by Crippen LogP contribution is 2.47. The summed E-state index contributed by atoms with van der Waals surface area (Å²) < 4.78 is 19.1. The van der Waals surface area contributed by atoms with Crippen molar-refractivity contribution in [3.63, 3.8) is 0 Å². The topological polar surface area (TPSA) is 138 Å². The zero-order chi connectivity index (χ0) is 28.5. The molecule has 12 heteroatoms. The second-order valence-electron chi connectivity index (χ2n) is 10.7. The molecule has 6 rings (SSSR count). The van der Waals surface area contributed by atoms with Crippen molar-refractivity contribution < 1.29 is 8.95 Å². The molecule has 2 fully saturated rings. The monoisotopic (exact) mass is 574 g/mol. The zero-order valence-corrected chi connectivity index (χ0v) is 24.4. The van der Waals surface area contributed by atoms with Crippen molar-refractivity contribution in [2.75, 3.05) is 24.8 Å². The van der Waals surface area contributed by atoms with Crippen molar-refractivity contribution in [2.45, 2.75) is 75.3 Å². The number of rotatable bonds is 11. The summed E-state index contributed by atoms with van der Waals surface area (Å²) in [5.41, 5.74) is 4.28. The van der Waals surface area contributed by atoms with Crippen molar-refractivity contribution in [2.24, 2.45) is 0 Å². The largest absolute Gasteiger partial charge is 0.383 e. The van der Waals surface area contributed by atoms with E-state index in [1.54, 1.807) is 42.5 Å². The number of fused-ring (bicyclic) bond motifs is 1. The van der Waals surface area contributed by atoms with Gasteiger partial charge in [-0.1, -0.05) is 13.3 Å². The van der Waals surface area contributed by atoms with Gasteiger partial charge in [-0.2, -0.15) is 0 Å². The first kappa shape index (κ1) is 27.5. The molecule has 4 heterocycles. The molecule has 2 saturated carbocycles. The van der Waals surface area contributed by atoms with E-state index in [2.05, 4.69) is 20.3 Å². The maximum Gasteiger partial charge on any atom is 0.295 e. The van der Waals surface area contributed by atoms with Crippen molar-refractivity contribution in [3.05, 3.63) is 58.3 Å². The molecule has 0 spiro atoms. The van der Waals surface area contributed by atoms with E-state index in [1.807, 2.05) is 13.8 Å². The molecule has 2 aliphatic carbocycles. The van der Waals surface area contributed by atoms with Gasteiger partial charge in [0, 0.05) is 30.9 Å². The van der Waals surface area contributed by atoms with Crippen LogP contribution in [0.15, 0.2) is 40.5 Å². The SMILES string of the molecule is CCS(=O)c1ccc(CNc2nc3cnc(-c4c(C5CCC5)ncnc4C4CC4)nc3n([C@@H](C)COC)c2=O)nc1. The average molecular weight is 575 g/mol. The van der Waals surface area contributed by atoms with Crippen molar-refractivity contribution >= 4 is 27.8 Å². The van der Waals surface area contributed by atoms with E-state index in [0.717, 1.165) is 42.6 Å².